The van der Waals surface area contributed by atoms with Gasteiger partial charge in [0.05, 0.1) is 10.4 Å². The molecule has 0 atom stereocenters. The van der Waals surface area contributed by atoms with E-state index in [0.717, 1.165) is 0 Å². The summed E-state index contributed by atoms with van der Waals surface area (Å²) in [5, 5.41) is 9.90. The van der Waals surface area contributed by atoms with Crippen LogP contribution in [0.5, 0.6) is 0 Å². The Balaban J connectivity index is 2.47. The lowest BCUT2D eigenvalue weighted by molar-refractivity contribution is 0.0694. The van der Waals surface area contributed by atoms with Gasteiger partial charge in [0.2, 0.25) is 5.43 Å². The van der Waals surface area contributed by atoms with E-state index < -0.39 is 17.0 Å². The highest BCUT2D eigenvalue weighted by atomic mass is 35.5. The molecule has 1 aromatic heterocycles. The predicted octanol–water partition coefficient (Wildman–Crippen LogP) is 3.81. The highest BCUT2D eigenvalue weighted by Gasteiger charge is 2.22. The number of rotatable bonds is 2. The molecule has 4 nitrogen and oxygen atoms in total. The Kier molecular flexibility index (Phi) is 3.23. The minimum absolute atomic E-state index is 0.0307. The van der Waals surface area contributed by atoms with Crippen molar-refractivity contribution in [3.63, 3.8) is 0 Å². The lowest BCUT2D eigenvalue weighted by Crippen LogP contribution is -2.16. The third kappa shape index (κ3) is 2.19. The van der Waals surface area contributed by atoms with Gasteiger partial charge in [-0.05, 0) is 24.3 Å². The van der Waals surface area contributed by atoms with Crippen LogP contribution in [-0.4, -0.2) is 11.1 Å². The lowest BCUT2D eigenvalue weighted by atomic mass is 10.0. The van der Waals surface area contributed by atoms with Crippen molar-refractivity contribution in [2.24, 2.45) is 0 Å². The first-order valence-corrected chi connectivity index (χ1v) is 6.51. The van der Waals surface area contributed by atoms with Gasteiger partial charge in [0.15, 0.2) is 11.3 Å². The van der Waals surface area contributed by atoms with E-state index in [-0.39, 0.29) is 11.1 Å². The zero-order valence-corrected chi connectivity index (χ0v) is 11.4. The summed E-state index contributed by atoms with van der Waals surface area (Å²) in [7, 11) is 0. The molecule has 0 aliphatic heterocycles. The summed E-state index contributed by atoms with van der Waals surface area (Å²) in [6.07, 6.45) is 0. The van der Waals surface area contributed by atoms with Crippen molar-refractivity contribution in [3.05, 3.63) is 69.3 Å². The van der Waals surface area contributed by atoms with Crippen LogP contribution < -0.4 is 5.43 Å². The summed E-state index contributed by atoms with van der Waals surface area (Å²) in [6.45, 7) is 0. The second kappa shape index (κ2) is 5.07. The number of benzene rings is 2. The van der Waals surface area contributed by atoms with Gasteiger partial charge in [0.1, 0.15) is 5.58 Å². The van der Waals surface area contributed by atoms with Crippen molar-refractivity contribution in [1.82, 2.24) is 0 Å². The Bertz CT molecular complexity index is 912. The fourth-order valence-corrected chi connectivity index (χ4v) is 2.39. The van der Waals surface area contributed by atoms with Crippen LogP contribution in [-0.2, 0) is 0 Å². The van der Waals surface area contributed by atoms with Crippen LogP contribution in [0, 0.1) is 0 Å². The molecule has 0 bridgehead atoms. The maximum absolute atomic E-state index is 12.4. The smallest absolute Gasteiger partial charge is 0.343 e. The van der Waals surface area contributed by atoms with Gasteiger partial charge in [-0.25, -0.2) is 4.79 Å². The molecule has 3 aromatic rings. The van der Waals surface area contributed by atoms with Gasteiger partial charge in [-0.2, -0.15) is 0 Å². The zero-order chi connectivity index (χ0) is 15.0. The van der Waals surface area contributed by atoms with Gasteiger partial charge in [-0.3, -0.25) is 4.79 Å². The molecule has 1 N–H and O–H groups in total. The number of carboxylic acids is 1. The fourth-order valence-electron chi connectivity index (χ4n) is 2.17. The van der Waals surface area contributed by atoms with E-state index in [1.54, 1.807) is 42.5 Å². The molecular weight excluding hydrogens is 292 g/mol. The van der Waals surface area contributed by atoms with E-state index in [0.29, 0.717) is 16.2 Å². The summed E-state index contributed by atoms with van der Waals surface area (Å²) < 4.78 is 5.64. The molecule has 0 aliphatic carbocycles. The summed E-state index contributed by atoms with van der Waals surface area (Å²) in [4.78, 5) is 23.9. The highest BCUT2D eigenvalue weighted by Crippen LogP contribution is 2.31. The molecule has 21 heavy (non-hydrogen) atoms. The molecule has 0 amide bonds. The minimum Gasteiger partial charge on any atom is -0.477 e. The summed E-state index contributed by atoms with van der Waals surface area (Å²) in [6, 6.07) is 13.1. The van der Waals surface area contributed by atoms with Crippen LogP contribution in [0.2, 0.25) is 5.02 Å². The molecule has 0 spiro atoms. The van der Waals surface area contributed by atoms with Crippen molar-refractivity contribution < 1.29 is 14.3 Å². The van der Waals surface area contributed by atoms with Crippen molar-refractivity contribution in [2.75, 3.05) is 0 Å². The minimum atomic E-state index is -1.34. The van der Waals surface area contributed by atoms with Crippen LogP contribution >= 0.6 is 11.6 Å². The Morgan fingerprint density at radius 3 is 2.43 bits per heavy atom. The number of hydrogen-bond acceptors (Lipinski definition) is 3. The number of para-hydroxylation sites is 1. The Morgan fingerprint density at radius 1 is 1.05 bits per heavy atom. The van der Waals surface area contributed by atoms with Crippen molar-refractivity contribution >= 4 is 28.5 Å². The number of hydrogen-bond donors (Lipinski definition) is 1. The SMILES string of the molecule is O=C(O)c1c(-c2ccccc2Cl)oc2ccccc2c1=O. The number of aromatic carboxylic acids is 1. The predicted molar refractivity (Wildman–Crippen MR) is 79.9 cm³/mol. The second-order valence-electron chi connectivity index (χ2n) is 4.42. The van der Waals surface area contributed by atoms with Crippen LogP contribution in [0.3, 0.4) is 0 Å². The standard InChI is InChI=1S/C16H9ClO4/c17-11-7-3-1-5-9(11)15-13(16(19)20)14(18)10-6-2-4-8-12(10)21-15/h1-8H,(H,19,20). The molecule has 0 saturated heterocycles. The topological polar surface area (TPSA) is 67.5 Å². The molecule has 0 radical (unpaired) electrons. The largest absolute Gasteiger partial charge is 0.477 e. The maximum atomic E-state index is 12.4. The number of fused-ring (bicyclic) bond motifs is 1. The summed E-state index contributed by atoms with van der Waals surface area (Å²) in [5.41, 5.74) is -0.303. The van der Waals surface area contributed by atoms with Crippen LogP contribution in [0.25, 0.3) is 22.3 Å². The Hall–Kier alpha value is -2.59. The molecule has 5 heteroatoms. The second-order valence-corrected chi connectivity index (χ2v) is 4.82. The van der Waals surface area contributed by atoms with E-state index >= 15 is 0 Å². The van der Waals surface area contributed by atoms with Crippen LogP contribution in [0.4, 0.5) is 0 Å². The van der Waals surface area contributed by atoms with E-state index in [2.05, 4.69) is 0 Å². The molecule has 0 unspecified atom stereocenters. The molecular formula is C16H9ClO4. The maximum Gasteiger partial charge on any atom is 0.343 e. The third-order valence-corrected chi connectivity index (χ3v) is 3.46. The number of halogens is 1. The molecule has 1 heterocycles. The summed E-state index contributed by atoms with van der Waals surface area (Å²) >= 11 is 6.08. The van der Waals surface area contributed by atoms with Crippen molar-refractivity contribution in [2.45, 2.75) is 0 Å². The average Bonchev–Trinajstić information content (AvgIpc) is 2.47. The molecule has 0 saturated carbocycles. The molecule has 0 fully saturated rings. The first-order chi connectivity index (χ1) is 10.1. The average molecular weight is 301 g/mol. The molecule has 104 valence electrons. The van der Waals surface area contributed by atoms with Gasteiger partial charge in [-0.15, -0.1) is 0 Å². The Morgan fingerprint density at radius 2 is 1.71 bits per heavy atom. The van der Waals surface area contributed by atoms with E-state index in [9.17, 15) is 14.7 Å². The fraction of sp³-hybridized carbons (Fsp3) is 0. The monoisotopic (exact) mass is 300 g/mol. The first kappa shape index (κ1) is 13.4. The number of carboxylic acid groups (broad SMARTS) is 1. The quantitative estimate of drug-likeness (QED) is 0.781. The molecule has 2 aromatic carbocycles. The van der Waals surface area contributed by atoms with Gasteiger partial charge in [-0.1, -0.05) is 35.9 Å². The van der Waals surface area contributed by atoms with E-state index in [1.807, 2.05) is 0 Å². The highest BCUT2D eigenvalue weighted by molar-refractivity contribution is 6.33. The van der Waals surface area contributed by atoms with Gasteiger partial charge in [0, 0.05) is 5.56 Å². The van der Waals surface area contributed by atoms with Gasteiger partial charge in [0.25, 0.3) is 0 Å². The third-order valence-electron chi connectivity index (χ3n) is 3.13. The molecule has 0 aliphatic rings. The molecule has 3 rings (SSSR count). The normalized spacial score (nSPS) is 10.7. The van der Waals surface area contributed by atoms with E-state index in [4.69, 9.17) is 16.0 Å². The van der Waals surface area contributed by atoms with Crippen molar-refractivity contribution in [1.29, 1.82) is 0 Å². The zero-order valence-electron chi connectivity index (χ0n) is 10.7. The van der Waals surface area contributed by atoms with Crippen LogP contribution in [0.1, 0.15) is 10.4 Å². The van der Waals surface area contributed by atoms with Crippen LogP contribution in [0.15, 0.2) is 57.7 Å². The van der Waals surface area contributed by atoms with Gasteiger partial charge >= 0.3 is 5.97 Å². The van der Waals surface area contributed by atoms with Crippen molar-refractivity contribution in [3.8, 4) is 11.3 Å². The van der Waals surface area contributed by atoms with Gasteiger partial charge < -0.3 is 9.52 Å². The Labute approximate surface area is 124 Å². The number of carbonyl (C=O) groups is 1. The first-order valence-electron chi connectivity index (χ1n) is 6.13. The summed E-state index contributed by atoms with van der Waals surface area (Å²) in [5.74, 6) is -1.37. The lowest BCUT2D eigenvalue weighted by Gasteiger charge is -2.08. The van der Waals surface area contributed by atoms with E-state index in [1.165, 1.54) is 6.07 Å².